The highest BCUT2D eigenvalue weighted by Crippen LogP contribution is 2.37. The van der Waals surface area contributed by atoms with Gasteiger partial charge in [0.05, 0.1) is 18.0 Å². The van der Waals surface area contributed by atoms with Gasteiger partial charge in [-0.25, -0.2) is 0 Å². The van der Waals surface area contributed by atoms with Crippen molar-refractivity contribution in [2.24, 2.45) is 5.73 Å². The van der Waals surface area contributed by atoms with Crippen molar-refractivity contribution in [3.63, 3.8) is 0 Å². The number of ether oxygens (including phenoxy) is 1. The van der Waals surface area contributed by atoms with Crippen LogP contribution in [0.25, 0.3) is 0 Å². The summed E-state index contributed by atoms with van der Waals surface area (Å²) in [6.07, 6.45) is 3.44. The molecule has 1 aromatic carbocycles. The zero-order chi connectivity index (χ0) is 23.3. The lowest BCUT2D eigenvalue weighted by molar-refractivity contribution is -0.148. The Balaban J connectivity index is 1.60. The topological polar surface area (TPSA) is 128 Å². The lowest BCUT2D eigenvalue weighted by Crippen LogP contribution is -2.29. The van der Waals surface area contributed by atoms with E-state index in [1.165, 1.54) is 18.3 Å². The minimum Gasteiger partial charge on any atom is -0.455 e. The smallest absolute Gasteiger partial charge is 0.308 e. The maximum atomic E-state index is 12.4. The number of benzene rings is 1. The molecule has 3 amide bonds. The molecule has 0 bridgehead atoms. The number of carbonyl (C=O) groups excluding carboxylic acids is 4. The van der Waals surface area contributed by atoms with Crippen LogP contribution in [0.15, 0.2) is 24.3 Å². The minimum atomic E-state index is -0.658. The van der Waals surface area contributed by atoms with E-state index in [4.69, 9.17) is 22.1 Å². The van der Waals surface area contributed by atoms with Crippen LogP contribution in [0.3, 0.4) is 0 Å². The number of aryl methyl sites for hydroxylation is 1. The Labute approximate surface area is 194 Å². The van der Waals surface area contributed by atoms with E-state index in [0.29, 0.717) is 21.2 Å². The van der Waals surface area contributed by atoms with Crippen LogP contribution in [0, 0.1) is 0 Å². The quantitative estimate of drug-likeness (QED) is 0.503. The number of hydrogen-bond donors (Lipinski definition) is 3. The summed E-state index contributed by atoms with van der Waals surface area (Å²) in [5.41, 5.74) is 7.46. The van der Waals surface area contributed by atoms with Crippen LogP contribution in [0.1, 0.15) is 58.6 Å². The van der Waals surface area contributed by atoms with E-state index >= 15 is 0 Å². The Bertz CT molecular complexity index is 1030. The summed E-state index contributed by atoms with van der Waals surface area (Å²) in [5, 5.41) is 6.25. The number of fused-ring (bicyclic) bond motifs is 1. The first-order valence-electron chi connectivity index (χ1n) is 10.2. The first-order chi connectivity index (χ1) is 15.2. The Kier molecular flexibility index (Phi) is 7.87. The van der Waals surface area contributed by atoms with Crippen molar-refractivity contribution in [3.05, 3.63) is 50.9 Å². The fourth-order valence-electron chi connectivity index (χ4n) is 3.64. The molecule has 1 atom stereocenters. The Hall–Kier alpha value is -2.91. The Morgan fingerprint density at radius 2 is 1.84 bits per heavy atom. The Morgan fingerprint density at radius 3 is 2.50 bits per heavy atom. The lowest BCUT2D eigenvalue weighted by Gasteiger charge is -2.17. The van der Waals surface area contributed by atoms with E-state index in [0.717, 1.165) is 36.1 Å². The van der Waals surface area contributed by atoms with E-state index in [-0.39, 0.29) is 12.3 Å². The van der Waals surface area contributed by atoms with E-state index in [9.17, 15) is 19.2 Å². The molecule has 0 spiro atoms. The largest absolute Gasteiger partial charge is 0.455 e. The Morgan fingerprint density at radius 1 is 1.16 bits per heavy atom. The molecule has 0 aliphatic heterocycles. The van der Waals surface area contributed by atoms with Gasteiger partial charge in [0.1, 0.15) is 5.00 Å². The third-order valence-corrected chi connectivity index (χ3v) is 6.51. The van der Waals surface area contributed by atoms with Gasteiger partial charge in [-0.1, -0.05) is 23.7 Å². The fourth-order valence-corrected chi connectivity index (χ4v) is 5.08. The van der Waals surface area contributed by atoms with E-state index in [1.807, 2.05) is 0 Å². The van der Waals surface area contributed by atoms with Crippen molar-refractivity contribution >= 4 is 51.6 Å². The van der Waals surface area contributed by atoms with Crippen LogP contribution < -0.4 is 16.4 Å². The van der Waals surface area contributed by atoms with Gasteiger partial charge in [-0.05, 0) is 48.9 Å². The van der Waals surface area contributed by atoms with Gasteiger partial charge < -0.3 is 21.1 Å². The highest BCUT2D eigenvalue weighted by molar-refractivity contribution is 7.17. The van der Waals surface area contributed by atoms with Crippen molar-refractivity contribution in [3.8, 4) is 0 Å². The normalized spacial score (nSPS) is 13.6. The van der Waals surface area contributed by atoms with Gasteiger partial charge >= 0.3 is 5.97 Å². The molecule has 0 fully saturated rings. The van der Waals surface area contributed by atoms with Crippen LogP contribution in [-0.4, -0.2) is 30.3 Å². The van der Waals surface area contributed by atoms with Gasteiger partial charge in [-0.3, -0.25) is 19.2 Å². The molecular formula is C22H24ClN3O5S. The average molecular weight is 478 g/mol. The molecule has 8 nitrogen and oxygen atoms in total. The van der Waals surface area contributed by atoms with Crippen molar-refractivity contribution in [2.75, 3.05) is 11.9 Å². The van der Waals surface area contributed by atoms with E-state index in [1.54, 1.807) is 24.3 Å². The second-order valence-electron chi connectivity index (χ2n) is 7.50. The highest BCUT2D eigenvalue weighted by atomic mass is 35.5. The first-order valence-corrected chi connectivity index (χ1v) is 11.4. The number of hydrogen-bond acceptors (Lipinski definition) is 6. The van der Waals surface area contributed by atoms with Gasteiger partial charge in [0.2, 0.25) is 5.91 Å². The molecule has 4 N–H and O–H groups in total. The molecule has 10 heteroatoms. The monoisotopic (exact) mass is 477 g/mol. The number of halogens is 1. The molecule has 0 radical (unpaired) electrons. The van der Waals surface area contributed by atoms with E-state index < -0.39 is 30.4 Å². The number of anilines is 1. The zero-order valence-electron chi connectivity index (χ0n) is 17.5. The van der Waals surface area contributed by atoms with Crippen LogP contribution in [0.2, 0.25) is 5.02 Å². The first kappa shape index (κ1) is 23.7. The molecule has 0 saturated heterocycles. The van der Waals surface area contributed by atoms with Crippen molar-refractivity contribution in [1.29, 1.82) is 0 Å². The molecule has 3 rings (SSSR count). The van der Waals surface area contributed by atoms with Gasteiger partial charge in [-0.2, -0.15) is 0 Å². The summed E-state index contributed by atoms with van der Waals surface area (Å²) in [5.74, 6) is -2.12. The van der Waals surface area contributed by atoms with E-state index in [2.05, 4.69) is 10.6 Å². The molecule has 1 aliphatic rings. The molecular weight excluding hydrogens is 454 g/mol. The minimum absolute atomic E-state index is 0.158. The van der Waals surface area contributed by atoms with Gasteiger partial charge in [0, 0.05) is 16.8 Å². The fraction of sp³-hybridized carbons (Fsp3) is 0.364. The summed E-state index contributed by atoms with van der Waals surface area (Å²) in [7, 11) is 0. The van der Waals surface area contributed by atoms with Crippen LogP contribution >= 0.6 is 22.9 Å². The number of amides is 3. The molecule has 1 aromatic heterocycles. The molecule has 0 saturated carbocycles. The molecule has 1 heterocycles. The van der Waals surface area contributed by atoms with Crippen LogP contribution in [0.5, 0.6) is 0 Å². The molecule has 1 unspecified atom stereocenters. The predicted molar refractivity (Wildman–Crippen MR) is 122 cm³/mol. The second-order valence-corrected chi connectivity index (χ2v) is 9.04. The second kappa shape index (κ2) is 10.6. The van der Waals surface area contributed by atoms with Crippen molar-refractivity contribution in [1.82, 2.24) is 5.32 Å². The number of esters is 1. The predicted octanol–water partition coefficient (Wildman–Crippen LogP) is 3.13. The van der Waals surface area contributed by atoms with Gasteiger partial charge in [0.25, 0.3) is 11.8 Å². The number of carbonyl (C=O) groups is 4. The summed E-state index contributed by atoms with van der Waals surface area (Å²) in [6.45, 7) is 0.825. The maximum absolute atomic E-state index is 12.4. The number of rotatable bonds is 8. The van der Waals surface area contributed by atoms with Crippen molar-refractivity contribution in [2.45, 2.75) is 45.1 Å². The van der Waals surface area contributed by atoms with Crippen molar-refractivity contribution < 1.29 is 23.9 Å². The summed E-state index contributed by atoms with van der Waals surface area (Å²) >= 11 is 7.23. The van der Waals surface area contributed by atoms with Crippen LogP contribution in [-0.2, 0) is 32.0 Å². The summed E-state index contributed by atoms with van der Waals surface area (Å²) in [4.78, 5) is 49.2. The molecule has 170 valence electrons. The maximum Gasteiger partial charge on any atom is 0.308 e. The van der Waals surface area contributed by atoms with Gasteiger partial charge in [-0.15, -0.1) is 11.3 Å². The molecule has 32 heavy (non-hydrogen) atoms. The van der Waals surface area contributed by atoms with Crippen LogP contribution in [0.4, 0.5) is 5.00 Å². The van der Waals surface area contributed by atoms with Gasteiger partial charge in [0.15, 0.2) is 6.61 Å². The highest BCUT2D eigenvalue weighted by Gasteiger charge is 2.25. The third kappa shape index (κ3) is 6.08. The molecule has 1 aliphatic carbocycles. The number of thiophene rings is 1. The number of nitrogens with one attached hydrogen (secondary N) is 2. The number of primary amides is 1. The molecule has 2 aromatic rings. The standard InChI is InChI=1S/C22H24ClN3O5S/c1-12(27)25-16(13-6-8-14(23)9-7-13)10-19(29)31-11-18(28)26-22-20(21(24)30)15-4-2-3-5-17(15)32-22/h6-9,16H,2-5,10-11H2,1H3,(H2,24,30)(H,25,27)(H,26,28). The zero-order valence-corrected chi connectivity index (χ0v) is 19.1. The SMILES string of the molecule is CC(=O)NC(CC(=O)OCC(=O)Nc1sc2c(c1C(N)=O)CCCC2)c1ccc(Cl)cc1. The third-order valence-electron chi connectivity index (χ3n) is 5.06. The summed E-state index contributed by atoms with van der Waals surface area (Å²) < 4.78 is 5.10. The summed E-state index contributed by atoms with van der Waals surface area (Å²) in [6, 6.07) is 6.09. The number of nitrogens with two attached hydrogens (primary N) is 1. The average Bonchev–Trinajstić information content (AvgIpc) is 3.10. The lowest BCUT2D eigenvalue weighted by atomic mass is 9.95.